The van der Waals surface area contributed by atoms with Crippen LogP contribution in [0.15, 0.2) is 48.8 Å². The zero-order chi connectivity index (χ0) is 20.8. The molecule has 0 radical (unpaired) electrons. The van der Waals surface area contributed by atoms with Gasteiger partial charge < -0.3 is 4.90 Å². The summed E-state index contributed by atoms with van der Waals surface area (Å²) in [5.41, 5.74) is 2.47. The van der Waals surface area contributed by atoms with Crippen molar-refractivity contribution in [3.8, 4) is 11.1 Å². The lowest BCUT2D eigenvalue weighted by Gasteiger charge is -2.33. The second-order valence-corrected chi connectivity index (χ2v) is 7.06. The molecule has 0 fully saturated rings. The quantitative estimate of drug-likeness (QED) is 0.629. The maximum atomic E-state index is 13.3. The van der Waals surface area contributed by atoms with Crippen molar-refractivity contribution in [3.63, 3.8) is 0 Å². The molecule has 0 unspecified atom stereocenters. The molecule has 0 saturated heterocycles. The van der Waals surface area contributed by atoms with Crippen LogP contribution in [0.3, 0.4) is 0 Å². The fraction of sp³-hybridized carbons (Fsp3) is 0.286. The number of aromatic nitrogens is 3. The third kappa shape index (κ3) is 3.39. The van der Waals surface area contributed by atoms with Crippen LogP contribution in [0.25, 0.3) is 11.1 Å². The molecule has 1 aliphatic heterocycles. The number of aryl methyl sites for hydroxylation is 1. The molecule has 150 valence electrons. The third-order valence-corrected chi connectivity index (χ3v) is 5.17. The van der Waals surface area contributed by atoms with Gasteiger partial charge in [-0.1, -0.05) is 6.92 Å². The van der Waals surface area contributed by atoms with Crippen molar-refractivity contribution in [2.24, 2.45) is 0 Å². The lowest BCUT2D eigenvalue weighted by atomic mass is 10.0. The van der Waals surface area contributed by atoms with Gasteiger partial charge in [0, 0.05) is 29.7 Å². The van der Waals surface area contributed by atoms with E-state index >= 15 is 0 Å². The van der Waals surface area contributed by atoms with Gasteiger partial charge in [-0.3, -0.25) is 14.5 Å². The molecule has 0 saturated carbocycles. The Kier molecular flexibility index (Phi) is 4.64. The summed E-state index contributed by atoms with van der Waals surface area (Å²) in [5, 5.41) is 4.44. The van der Waals surface area contributed by atoms with E-state index in [1.54, 1.807) is 17.1 Å². The minimum Gasteiger partial charge on any atom is -0.305 e. The molecule has 3 aromatic rings. The molecule has 8 heteroatoms. The van der Waals surface area contributed by atoms with Gasteiger partial charge in [0.15, 0.2) is 0 Å². The largest absolute Gasteiger partial charge is 0.416 e. The maximum Gasteiger partial charge on any atom is 0.416 e. The normalized spacial score (nSPS) is 16.8. The van der Waals surface area contributed by atoms with Gasteiger partial charge in [-0.25, -0.2) is 0 Å². The first-order chi connectivity index (χ1) is 13.8. The van der Waals surface area contributed by atoms with Crippen molar-refractivity contribution in [1.29, 1.82) is 0 Å². The Labute approximate surface area is 165 Å². The van der Waals surface area contributed by atoms with Crippen LogP contribution in [0.4, 0.5) is 18.9 Å². The highest BCUT2D eigenvalue weighted by Gasteiger charge is 2.36. The zero-order valence-electron chi connectivity index (χ0n) is 15.9. The fourth-order valence-corrected chi connectivity index (χ4v) is 3.63. The molecule has 1 aliphatic rings. The Balaban J connectivity index is 1.77. The predicted molar refractivity (Wildman–Crippen MR) is 103 cm³/mol. The van der Waals surface area contributed by atoms with E-state index in [9.17, 15) is 18.0 Å². The van der Waals surface area contributed by atoms with Gasteiger partial charge in [-0.05, 0) is 55.3 Å². The lowest BCUT2D eigenvalue weighted by Crippen LogP contribution is -2.43. The number of fused-ring (bicyclic) bond motifs is 1. The number of benzene rings is 1. The molecule has 1 aromatic carbocycles. The van der Waals surface area contributed by atoms with E-state index in [0.29, 0.717) is 23.5 Å². The number of alkyl halides is 3. The van der Waals surface area contributed by atoms with E-state index in [1.165, 1.54) is 17.0 Å². The number of hydrogen-bond donors (Lipinski definition) is 0. The molecule has 0 bridgehead atoms. The van der Waals surface area contributed by atoms with Crippen molar-refractivity contribution in [2.45, 2.75) is 32.5 Å². The molecule has 5 nitrogen and oxygen atoms in total. The predicted octanol–water partition coefficient (Wildman–Crippen LogP) is 4.88. The first-order valence-corrected chi connectivity index (χ1v) is 9.29. The van der Waals surface area contributed by atoms with E-state index in [4.69, 9.17) is 0 Å². The molecule has 0 N–H and O–H groups in total. The Bertz CT molecular complexity index is 1060. The molecule has 1 amide bonds. The van der Waals surface area contributed by atoms with Gasteiger partial charge in [0.25, 0.3) is 5.91 Å². The highest BCUT2D eigenvalue weighted by molar-refractivity contribution is 6.09. The second-order valence-electron chi connectivity index (χ2n) is 7.06. The first kappa shape index (κ1) is 19.2. The Hall–Kier alpha value is -3.16. The summed E-state index contributed by atoms with van der Waals surface area (Å²) in [4.78, 5) is 19.0. The Morgan fingerprint density at radius 1 is 1.17 bits per heavy atom. The van der Waals surface area contributed by atoms with Crippen LogP contribution in [-0.4, -0.2) is 27.2 Å². The minimum atomic E-state index is -4.42. The van der Waals surface area contributed by atoms with E-state index < -0.39 is 11.7 Å². The average Bonchev–Trinajstić information content (AvgIpc) is 3.14. The van der Waals surface area contributed by atoms with E-state index in [0.717, 1.165) is 29.8 Å². The Morgan fingerprint density at radius 3 is 2.52 bits per heavy atom. The molecular weight excluding hydrogens is 381 g/mol. The van der Waals surface area contributed by atoms with Gasteiger partial charge in [0.1, 0.15) is 5.69 Å². The number of anilines is 1. The van der Waals surface area contributed by atoms with Crippen molar-refractivity contribution < 1.29 is 18.0 Å². The van der Waals surface area contributed by atoms with Crippen LogP contribution in [-0.2, 0) is 6.18 Å². The number of rotatable bonds is 3. The molecule has 0 spiro atoms. The SMILES string of the molecule is CC[C@H]1CN(c2ccc(C(F)(F)F)cc2)C(=O)c2c(-c3ccnc(C)c3)cnn21. The van der Waals surface area contributed by atoms with Crippen LogP contribution in [0, 0.1) is 6.92 Å². The number of nitrogens with zero attached hydrogens (tertiary/aromatic N) is 4. The number of amides is 1. The fourth-order valence-electron chi connectivity index (χ4n) is 3.63. The molecule has 4 rings (SSSR count). The average molecular weight is 400 g/mol. The van der Waals surface area contributed by atoms with Gasteiger partial charge in [-0.2, -0.15) is 18.3 Å². The summed E-state index contributed by atoms with van der Waals surface area (Å²) >= 11 is 0. The number of hydrogen-bond acceptors (Lipinski definition) is 3. The van der Waals surface area contributed by atoms with Crippen LogP contribution < -0.4 is 4.90 Å². The summed E-state index contributed by atoms with van der Waals surface area (Å²) < 4.78 is 40.4. The summed E-state index contributed by atoms with van der Waals surface area (Å²) in [6, 6.07) is 8.32. The number of carbonyl (C=O) groups is 1. The number of carbonyl (C=O) groups excluding carboxylic acids is 1. The first-order valence-electron chi connectivity index (χ1n) is 9.29. The standard InChI is InChI=1S/C21H19F3N4O/c1-3-16-12-27(17-6-4-15(5-7-17)21(22,23)24)20(29)19-18(11-26-28(16)19)14-8-9-25-13(2)10-14/h4-11,16H,3,12H2,1-2H3/t16-/m0/s1. The van der Waals surface area contributed by atoms with Gasteiger partial charge in [0.05, 0.1) is 17.8 Å². The Morgan fingerprint density at radius 2 is 1.90 bits per heavy atom. The number of pyridine rings is 1. The van der Waals surface area contributed by atoms with Crippen LogP contribution in [0.5, 0.6) is 0 Å². The molecule has 2 aromatic heterocycles. The molecule has 29 heavy (non-hydrogen) atoms. The monoisotopic (exact) mass is 400 g/mol. The smallest absolute Gasteiger partial charge is 0.305 e. The summed E-state index contributed by atoms with van der Waals surface area (Å²) in [7, 11) is 0. The van der Waals surface area contributed by atoms with Crippen LogP contribution in [0.1, 0.15) is 41.1 Å². The van der Waals surface area contributed by atoms with Crippen molar-refractivity contribution >= 4 is 11.6 Å². The molecule has 3 heterocycles. The van der Waals surface area contributed by atoms with Gasteiger partial charge in [-0.15, -0.1) is 0 Å². The zero-order valence-corrected chi connectivity index (χ0v) is 15.9. The van der Waals surface area contributed by atoms with Crippen LogP contribution >= 0.6 is 0 Å². The van der Waals surface area contributed by atoms with Crippen molar-refractivity contribution in [2.75, 3.05) is 11.4 Å². The third-order valence-electron chi connectivity index (χ3n) is 5.17. The minimum absolute atomic E-state index is 0.0679. The second kappa shape index (κ2) is 7.02. The lowest BCUT2D eigenvalue weighted by molar-refractivity contribution is -0.137. The highest BCUT2D eigenvalue weighted by atomic mass is 19.4. The molecule has 1 atom stereocenters. The summed E-state index contributed by atoms with van der Waals surface area (Å²) in [5.74, 6) is -0.281. The molecular formula is C21H19F3N4O. The van der Waals surface area contributed by atoms with Crippen molar-refractivity contribution in [3.05, 3.63) is 65.7 Å². The maximum absolute atomic E-state index is 13.3. The van der Waals surface area contributed by atoms with Crippen molar-refractivity contribution in [1.82, 2.24) is 14.8 Å². The number of halogens is 3. The van der Waals surface area contributed by atoms with Crippen LogP contribution in [0.2, 0.25) is 0 Å². The van der Waals surface area contributed by atoms with Gasteiger partial charge >= 0.3 is 6.18 Å². The van der Waals surface area contributed by atoms with E-state index in [2.05, 4.69) is 10.1 Å². The summed E-state index contributed by atoms with van der Waals surface area (Å²) in [6.07, 6.45) is -0.344. The molecule has 0 aliphatic carbocycles. The van der Waals surface area contributed by atoms with E-state index in [-0.39, 0.29) is 11.9 Å². The summed E-state index contributed by atoms with van der Waals surface area (Å²) in [6.45, 7) is 4.21. The van der Waals surface area contributed by atoms with E-state index in [1.807, 2.05) is 26.0 Å². The van der Waals surface area contributed by atoms with Gasteiger partial charge in [0.2, 0.25) is 0 Å². The highest BCUT2D eigenvalue weighted by Crippen LogP contribution is 2.35. The topological polar surface area (TPSA) is 51.0 Å².